The third-order valence-electron chi connectivity index (χ3n) is 9.77. The monoisotopic (exact) mass is 651 g/mol. The average molecular weight is 652 g/mol. The van der Waals surface area contributed by atoms with Crippen molar-refractivity contribution in [3.63, 3.8) is 0 Å². The van der Waals surface area contributed by atoms with Crippen molar-refractivity contribution < 1.29 is 4.42 Å². The van der Waals surface area contributed by atoms with E-state index in [0.29, 0.717) is 17.5 Å². The molecule has 0 saturated heterocycles. The molecule has 238 valence electrons. The van der Waals surface area contributed by atoms with Crippen LogP contribution >= 0.6 is 0 Å². The molecule has 10 rings (SSSR count). The zero-order valence-corrected chi connectivity index (χ0v) is 27.5. The van der Waals surface area contributed by atoms with Crippen LogP contribution in [0, 0.1) is 0 Å². The Morgan fingerprint density at radius 3 is 1.63 bits per heavy atom. The lowest BCUT2D eigenvalue weighted by molar-refractivity contribution is 0.669. The number of hydrogen-bond donors (Lipinski definition) is 0. The van der Waals surface area contributed by atoms with E-state index in [1.165, 1.54) is 21.9 Å². The average Bonchev–Trinajstić information content (AvgIpc) is 3.58. The summed E-state index contributed by atoms with van der Waals surface area (Å²) in [5, 5.41) is 6.82. The quantitative estimate of drug-likeness (QED) is 0.186. The van der Waals surface area contributed by atoms with E-state index < -0.39 is 0 Å². The number of benzene rings is 8. The molecule has 0 bridgehead atoms. The van der Waals surface area contributed by atoms with Crippen molar-refractivity contribution >= 4 is 43.5 Å². The summed E-state index contributed by atoms with van der Waals surface area (Å²) >= 11 is 0. The molecule has 0 atom stereocenters. The molecule has 0 aliphatic heterocycles. The van der Waals surface area contributed by atoms with Gasteiger partial charge in [0.15, 0.2) is 17.5 Å². The van der Waals surface area contributed by atoms with Gasteiger partial charge in [0.25, 0.3) is 0 Å². The first-order valence-electron chi connectivity index (χ1n) is 17.1. The van der Waals surface area contributed by atoms with Crippen molar-refractivity contribution in [2.75, 3.05) is 0 Å². The summed E-state index contributed by atoms with van der Waals surface area (Å²) in [6.07, 6.45) is 0. The second kappa shape index (κ2) is 11.9. The molecular weight excluding hydrogens is 623 g/mol. The topological polar surface area (TPSA) is 51.8 Å². The molecule has 0 aliphatic carbocycles. The standard InChI is InChI=1S/C47H29N3O/c1-2-11-30(12-3-1)31-23-25-33(26-24-31)45-48-46(34-27-28-41-40-16-6-7-22-43(40)51-44(41)29-34)50-47(49-45)42-21-10-19-38-37(18-9-20-39(38)42)36-17-8-14-32-13-4-5-15-35(32)36/h1-29H. The van der Waals surface area contributed by atoms with E-state index in [1.807, 2.05) is 30.3 Å². The summed E-state index contributed by atoms with van der Waals surface area (Å²) in [7, 11) is 0. The minimum Gasteiger partial charge on any atom is -0.456 e. The second-order valence-corrected chi connectivity index (χ2v) is 12.8. The van der Waals surface area contributed by atoms with Gasteiger partial charge in [0, 0.05) is 27.5 Å². The van der Waals surface area contributed by atoms with Crippen LogP contribution in [0.1, 0.15) is 0 Å². The van der Waals surface area contributed by atoms with Gasteiger partial charge in [-0.05, 0) is 62.0 Å². The van der Waals surface area contributed by atoms with E-state index in [2.05, 4.69) is 146 Å². The Bertz CT molecular complexity index is 2900. The van der Waals surface area contributed by atoms with Crippen LogP contribution in [0.4, 0.5) is 0 Å². The summed E-state index contributed by atoms with van der Waals surface area (Å²) in [5.74, 6) is 1.82. The lowest BCUT2D eigenvalue weighted by Gasteiger charge is -2.14. The molecule has 51 heavy (non-hydrogen) atoms. The first-order chi connectivity index (χ1) is 25.3. The number of para-hydroxylation sites is 1. The van der Waals surface area contributed by atoms with Crippen molar-refractivity contribution in [2.45, 2.75) is 0 Å². The molecule has 0 radical (unpaired) electrons. The van der Waals surface area contributed by atoms with Gasteiger partial charge >= 0.3 is 0 Å². The minimum atomic E-state index is 0.590. The fourth-order valence-corrected chi connectivity index (χ4v) is 7.26. The fourth-order valence-electron chi connectivity index (χ4n) is 7.26. The molecule has 10 aromatic rings. The summed E-state index contributed by atoms with van der Waals surface area (Å²) in [5.41, 5.74) is 9.07. The maximum absolute atomic E-state index is 6.27. The SMILES string of the molecule is c1ccc(-c2ccc(-c3nc(-c4ccc5c(c4)oc4ccccc45)nc(-c4cccc5c(-c6cccc7ccccc67)cccc45)n3)cc2)cc1. The van der Waals surface area contributed by atoms with E-state index in [-0.39, 0.29) is 0 Å². The van der Waals surface area contributed by atoms with Crippen molar-refractivity contribution in [2.24, 2.45) is 0 Å². The first kappa shape index (κ1) is 29.0. The lowest BCUT2D eigenvalue weighted by Crippen LogP contribution is -2.00. The molecular formula is C47H29N3O. The number of fused-ring (bicyclic) bond motifs is 5. The Morgan fingerprint density at radius 2 is 0.804 bits per heavy atom. The molecule has 0 saturated carbocycles. The van der Waals surface area contributed by atoms with Crippen LogP contribution < -0.4 is 0 Å². The van der Waals surface area contributed by atoms with Crippen molar-refractivity contribution in [1.29, 1.82) is 0 Å². The van der Waals surface area contributed by atoms with E-state index in [0.717, 1.165) is 60.5 Å². The molecule has 0 unspecified atom stereocenters. The number of hydrogen-bond acceptors (Lipinski definition) is 4. The van der Waals surface area contributed by atoms with Gasteiger partial charge in [0.05, 0.1) is 0 Å². The van der Waals surface area contributed by atoms with Gasteiger partial charge < -0.3 is 4.42 Å². The van der Waals surface area contributed by atoms with Gasteiger partial charge in [-0.1, -0.05) is 158 Å². The van der Waals surface area contributed by atoms with Gasteiger partial charge in [0.1, 0.15) is 11.2 Å². The van der Waals surface area contributed by atoms with E-state index in [4.69, 9.17) is 19.4 Å². The summed E-state index contributed by atoms with van der Waals surface area (Å²) < 4.78 is 6.27. The van der Waals surface area contributed by atoms with Crippen molar-refractivity contribution in [1.82, 2.24) is 15.0 Å². The molecule has 0 fully saturated rings. The number of aromatic nitrogens is 3. The van der Waals surface area contributed by atoms with Crippen LogP contribution in [0.5, 0.6) is 0 Å². The number of nitrogens with zero attached hydrogens (tertiary/aromatic N) is 3. The molecule has 0 amide bonds. The second-order valence-electron chi connectivity index (χ2n) is 12.8. The summed E-state index contributed by atoms with van der Waals surface area (Å²) in [4.78, 5) is 15.4. The number of furan rings is 1. The number of rotatable bonds is 5. The maximum Gasteiger partial charge on any atom is 0.164 e. The Kier molecular flexibility index (Phi) is 6.78. The Balaban J connectivity index is 1.16. The zero-order valence-electron chi connectivity index (χ0n) is 27.5. The van der Waals surface area contributed by atoms with E-state index in [1.54, 1.807) is 0 Å². The fraction of sp³-hybridized carbons (Fsp3) is 0. The molecule has 2 heterocycles. The zero-order chi connectivity index (χ0) is 33.7. The molecule has 4 heteroatoms. The van der Waals surface area contributed by atoms with Crippen molar-refractivity contribution in [3.8, 4) is 56.4 Å². The van der Waals surface area contributed by atoms with Gasteiger partial charge in [-0.25, -0.2) is 15.0 Å². The summed E-state index contributed by atoms with van der Waals surface area (Å²) in [6, 6.07) is 61.1. The highest BCUT2D eigenvalue weighted by Crippen LogP contribution is 2.38. The Morgan fingerprint density at radius 1 is 0.294 bits per heavy atom. The lowest BCUT2D eigenvalue weighted by atomic mass is 9.92. The minimum absolute atomic E-state index is 0.590. The molecule has 8 aromatic carbocycles. The third kappa shape index (κ3) is 5.04. The van der Waals surface area contributed by atoms with Gasteiger partial charge in [-0.3, -0.25) is 0 Å². The van der Waals surface area contributed by atoms with Crippen LogP contribution in [0.25, 0.3) is 99.9 Å². The van der Waals surface area contributed by atoms with Gasteiger partial charge in [-0.2, -0.15) is 0 Å². The molecule has 0 aliphatic rings. The highest BCUT2D eigenvalue weighted by Gasteiger charge is 2.17. The van der Waals surface area contributed by atoms with E-state index in [9.17, 15) is 0 Å². The smallest absolute Gasteiger partial charge is 0.164 e. The van der Waals surface area contributed by atoms with Crippen LogP contribution in [0.3, 0.4) is 0 Å². The predicted octanol–water partition coefficient (Wildman–Crippen LogP) is 12.4. The van der Waals surface area contributed by atoms with Crippen LogP contribution in [0.2, 0.25) is 0 Å². The van der Waals surface area contributed by atoms with Crippen LogP contribution in [0.15, 0.2) is 180 Å². The molecule has 4 nitrogen and oxygen atoms in total. The van der Waals surface area contributed by atoms with Gasteiger partial charge in [-0.15, -0.1) is 0 Å². The maximum atomic E-state index is 6.27. The Hall–Kier alpha value is -6.91. The normalized spacial score (nSPS) is 11.5. The highest BCUT2D eigenvalue weighted by molar-refractivity contribution is 6.09. The van der Waals surface area contributed by atoms with E-state index >= 15 is 0 Å². The van der Waals surface area contributed by atoms with Crippen LogP contribution in [-0.2, 0) is 0 Å². The first-order valence-corrected chi connectivity index (χ1v) is 17.1. The Labute approximate surface area is 294 Å². The van der Waals surface area contributed by atoms with Gasteiger partial charge in [0.2, 0.25) is 0 Å². The van der Waals surface area contributed by atoms with Crippen molar-refractivity contribution in [3.05, 3.63) is 176 Å². The summed E-state index contributed by atoms with van der Waals surface area (Å²) in [6.45, 7) is 0. The molecule has 2 aromatic heterocycles. The third-order valence-corrected chi connectivity index (χ3v) is 9.77. The largest absolute Gasteiger partial charge is 0.456 e. The molecule has 0 spiro atoms. The predicted molar refractivity (Wildman–Crippen MR) is 209 cm³/mol. The highest BCUT2D eigenvalue weighted by atomic mass is 16.3. The van der Waals surface area contributed by atoms with Crippen LogP contribution in [-0.4, -0.2) is 15.0 Å². The molecule has 0 N–H and O–H groups in total.